The zero-order chi connectivity index (χ0) is 18.0. The predicted octanol–water partition coefficient (Wildman–Crippen LogP) is 4.31. The van der Waals surface area contributed by atoms with Gasteiger partial charge in [-0.1, -0.05) is 15.9 Å². The molecule has 0 N–H and O–H groups in total. The second-order valence-corrected chi connectivity index (χ2v) is 7.18. The number of nitrogens with zero attached hydrogens (tertiary/aromatic N) is 1. The van der Waals surface area contributed by atoms with Crippen LogP contribution in [0.5, 0.6) is 0 Å². The number of benzene rings is 1. The molecule has 0 atom stereocenters. The predicted molar refractivity (Wildman–Crippen MR) is 96.1 cm³/mol. The van der Waals surface area contributed by atoms with Gasteiger partial charge in [0.05, 0.1) is 0 Å². The molecule has 2 rings (SSSR count). The average molecular weight is 396 g/mol. The summed E-state index contributed by atoms with van der Waals surface area (Å²) in [6, 6.07) is 5.60. The normalized spacial score (nSPS) is 11.3. The van der Waals surface area contributed by atoms with Crippen LogP contribution in [-0.2, 0) is 9.53 Å². The smallest absolute Gasteiger partial charge is 0.375 e. The van der Waals surface area contributed by atoms with Gasteiger partial charge in [-0.15, -0.1) is 0 Å². The minimum absolute atomic E-state index is 0.0430. The third-order valence-electron chi connectivity index (χ3n) is 3.81. The molecule has 0 bridgehead atoms. The van der Waals surface area contributed by atoms with E-state index in [9.17, 15) is 9.59 Å². The third kappa shape index (κ3) is 3.80. The van der Waals surface area contributed by atoms with Crippen LogP contribution < -0.4 is 0 Å². The van der Waals surface area contributed by atoms with Crippen molar-refractivity contribution in [3.05, 3.63) is 34.0 Å². The fourth-order valence-electron chi connectivity index (χ4n) is 2.83. The second-order valence-electron chi connectivity index (χ2n) is 6.26. The lowest BCUT2D eigenvalue weighted by atomic mass is 10.1. The summed E-state index contributed by atoms with van der Waals surface area (Å²) in [6.07, 6.45) is 0. The highest BCUT2D eigenvalue weighted by atomic mass is 79.9. The molecular weight excluding hydrogens is 374 g/mol. The fraction of sp³-hybridized carbons (Fsp3) is 0.444. The monoisotopic (exact) mass is 395 g/mol. The Morgan fingerprint density at radius 1 is 1.21 bits per heavy atom. The molecule has 0 aliphatic heterocycles. The number of esters is 1. The van der Waals surface area contributed by atoms with E-state index in [1.54, 1.807) is 17.9 Å². The van der Waals surface area contributed by atoms with Crippen molar-refractivity contribution < 1.29 is 18.7 Å². The zero-order valence-corrected chi connectivity index (χ0v) is 16.1. The summed E-state index contributed by atoms with van der Waals surface area (Å²) in [7, 11) is 0. The van der Waals surface area contributed by atoms with Gasteiger partial charge in [0.25, 0.3) is 5.91 Å². The van der Waals surface area contributed by atoms with Gasteiger partial charge in [0.15, 0.2) is 6.61 Å². The maximum absolute atomic E-state index is 12.3. The van der Waals surface area contributed by atoms with Crippen molar-refractivity contribution in [3.8, 4) is 0 Å². The molecule has 0 unspecified atom stereocenters. The summed E-state index contributed by atoms with van der Waals surface area (Å²) in [5.41, 5.74) is 1.31. The molecule has 0 saturated carbocycles. The Hall–Kier alpha value is -1.82. The molecule has 0 spiro atoms. The number of furan rings is 1. The first kappa shape index (κ1) is 18.5. The Balaban J connectivity index is 2.13. The Labute approximate surface area is 150 Å². The molecule has 5 nitrogen and oxygen atoms in total. The van der Waals surface area contributed by atoms with Crippen molar-refractivity contribution >= 4 is 38.8 Å². The highest BCUT2D eigenvalue weighted by Crippen LogP contribution is 2.28. The van der Waals surface area contributed by atoms with E-state index in [1.165, 1.54) is 0 Å². The largest absolute Gasteiger partial charge is 0.450 e. The lowest BCUT2D eigenvalue weighted by molar-refractivity contribution is -0.138. The number of hydrogen-bond acceptors (Lipinski definition) is 4. The molecule has 0 aliphatic rings. The van der Waals surface area contributed by atoms with Crippen molar-refractivity contribution in [1.29, 1.82) is 0 Å². The van der Waals surface area contributed by atoms with Crippen LogP contribution in [0.4, 0.5) is 0 Å². The van der Waals surface area contributed by atoms with E-state index in [0.717, 1.165) is 9.86 Å². The number of carbonyl (C=O) groups is 2. The van der Waals surface area contributed by atoms with Crippen LogP contribution in [0.1, 0.15) is 43.8 Å². The van der Waals surface area contributed by atoms with Crippen LogP contribution in [0.25, 0.3) is 11.0 Å². The quantitative estimate of drug-likeness (QED) is 0.707. The first-order valence-corrected chi connectivity index (χ1v) is 8.68. The number of fused-ring (bicyclic) bond motifs is 1. The molecule has 0 saturated heterocycles. The summed E-state index contributed by atoms with van der Waals surface area (Å²) in [4.78, 5) is 26.3. The van der Waals surface area contributed by atoms with Crippen molar-refractivity contribution in [2.45, 2.75) is 46.7 Å². The first-order valence-electron chi connectivity index (χ1n) is 7.89. The summed E-state index contributed by atoms with van der Waals surface area (Å²) >= 11 is 3.40. The van der Waals surface area contributed by atoms with Crippen molar-refractivity contribution in [3.63, 3.8) is 0 Å². The van der Waals surface area contributed by atoms with E-state index < -0.39 is 5.97 Å². The van der Waals surface area contributed by atoms with Gasteiger partial charge < -0.3 is 14.1 Å². The minimum Gasteiger partial charge on any atom is -0.450 e. The van der Waals surface area contributed by atoms with Gasteiger partial charge in [0.2, 0.25) is 5.76 Å². The number of amides is 1. The topological polar surface area (TPSA) is 59.8 Å². The number of rotatable bonds is 5. The zero-order valence-electron chi connectivity index (χ0n) is 14.6. The lowest BCUT2D eigenvalue weighted by Crippen LogP contribution is -2.44. The van der Waals surface area contributed by atoms with Crippen LogP contribution in [0.3, 0.4) is 0 Å². The summed E-state index contributed by atoms with van der Waals surface area (Å²) in [5, 5.41) is 0.841. The van der Waals surface area contributed by atoms with Crippen molar-refractivity contribution in [1.82, 2.24) is 4.90 Å². The Morgan fingerprint density at radius 2 is 1.83 bits per heavy atom. The van der Waals surface area contributed by atoms with Crippen LogP contribution in [0.15, 0.2) is 27.1 Å². The van der Waals surface area contributed by atoms with Crippen LogP contribution >= 0.6 is 15.9 Å². The Morgan fingerprint density at radius 3 is 2.42 bits per heavy atom. The van der Waals surface area contributed by atoms with Crippen LogP contribution in [-0.4, -0.2) is 35.5 Å². The van der Waals surface area contributed by atoms with Gasteiger partial charge in [0.1, 0.15) is 5.58 Å². The molecule has 1 heterocycles. The van der Waals surface area contributed by atoms with E-state index in [4.69, 9.17) is 9.15 Å². The molecule has 0 aliphatic carbocycles. The fourth-order valence-corrected chi connectivity index (χ4v) is 3.19. The first-order chi connectivity index (χ1) is 11.2. The molecule has 24 heavy (non-hydrogen) atoms. The van der Waals surface area contributed by atoms with Gasteiger partial charge in [-0.25, -0.2) is 4.79 Å². The van der Waals surface area contributed by atoms with Gasteiger partial charge in [-0.2, -0.15) is 0 Å². The summed E-state index contributed by atoms with van der Waals surface area (Å²) in [5.74, 6) is -0.706. The van der Waals surface area contributed by atoms with Crippen molar-refractivity contribution in [2.75, 3.05) is 6.61 Å². The van der Waals surface area contributed by atoms with E-state index >= 15 is 0 Å². The molecule has 2 aromatic rings. The lowest BCUT2D eigenvalue weighted by Gasteiger charge is -2.30. The van der Waals surface area contributed by atoms with Gasteiger partial charge in [-0.05, 0) is 52.8 Å². The number of carbonyl (C=O) groups excluding carboxylic acids is 2. The van der Waals surface area contributed by atoms with Crippen LogP contribution in [0.2, 0.25) is 0 Å². The third-order valence-corrected chi connectivity index (χ3v) is 4.30. The molecule has 1 aromatic heterocycles. The SMILES string of the molecule is Cc1c(C(=O)OCC(=O)N(C(C)C)C(C)C)oc2ccc(Br)cc12. The Kier molecular flexibility index (Phi) is 5.70. The maximum atomic E-state index is 12.3. The molecule has 0 fully saturated rings. The molecule has 1 aromatic carbocycles. The number of aryl methyl sites for hydroxylation is 1. The van der Waals surface area contributed by atoms with Crippen molar-refractivity contribution in [2.24, 2.45) is 0 Å². The molecule has 0 radical (unpaired) electrons. The van der Waals surface area contributed by atoms with Gasteiger partial charge >= 0.3 is 5.97 Å². The van der Waals surface area contributed by atoms with E-state index in [1.807, 2.05) is 39.8 Å². The molecule has 1 amide bonds. The van der Waals surface area contributed by atoms with E-state index in [0.29, 0.717) is 11.1 Å². The molecule has 6 heteroatoms. The van der Waals surface area contributed by atoms with Crippen LogP contribution in [0, 0.1) is 6.92 Å². The maximum Gasteiger partial charge on any atom is 0.375 e. The van der Waals surface area contributed by atoms with Gasteiger partial charge in [-0.3, -0.25) is 4.79 Å². The molecule has 130 valence electrons. The second kappa shape index (κ2) is 7.38. The Bertz CT molecular complexity index is 756. The number of halogens is 1. The number of ether oxygens (including phenoxy) is 1. The minimum atomic E-state index is -0.624. The standard InChI is InChI=1S/C18H22BrNO4/c1-10(2)20(11(3)4)16(21)9-23-18(22)17-12(5)14-8-13(19)6-7-15(14)24-17/h6-8,10-11H,9H2,1-5H3. The summed E-state index contributed by atoms with van der Waals surface area (Å²) in [6.45, 7) is 9.23. The van der Waals surface area contributed by atoms with E-state index in [-0.39, 0.29) is 30.4 Å². The molecular formula is C18H22BrNO4. The number of hydrogen-bond donors (Lipinski definition) is 0. The highest BCUT2D eigenvalue weighted by molar-refractivity contribution is 9.10. The van der Waals surface area contributed by atoms with E-state index in [2.05, 4.69) is 15.9 Å². The highest BCUT2D eigenvalue weighted by Gasteiger charge is 2.24. The average Bonchev–Trinajstić information content (AvgIpc) is 2.81. The van der Waals surface area contributed by atoms with Gasteiger partial charge in [0, 0.05) is 27.5 Å². The summed E-state index contributed by atoms with van der Waals surface area (Å²) < 4.78 is 11.7.